The highest BCUT2D eigenvalue weighted by Gasteiger charge is 2.29. The molecule has 3 rings (SSSR count). The normalized spacial score (nSPS) is 25.6. The fourth-order valence-corrected chi connectivity index (χ4v) is 3.86. The van der Waals surface area contributed by atoms with Crippen molar-refractivity contribution in [3.05, 3.63) is 35.9 Å². The molecule has 0 radical (unpaired) electrons. The van der Waals surface area contributed by atoms with Crippen LogP contribution < -0.4 is 5.32 Å². The zero-order valence-corrected chi connectivity index (χ0v) is 14.2. The molecule has 4 heteroatoms. The Balaban J connectivity index is 1.52. The Kier molecular flexibility index (Phi) is 5.68. The number of amides is 1. The van der Waals surface area contributed by atoms with Crippen LogP contribution in [0.3, 0.4) is 0 Å². The first-order valence-electron chi connectivity index (χ1n) is 9.00. The summed E-state index contributed by atoms with van der Waals surface area (Å²) in [4.78, 5) is 17.1. The lowest BCUT2D eigenvalue weighted by atomic mass is 10.1. The van der Waals surface area contributed by atoms with E-state index in [4.69, 9.17) is 0 Å². The quantitative estimate of drug-likeness (QED) is 0.926. The van der Waals surface area contributed by atoms with Gasteiger partial charge in [0.1, 0.15) is 0 Å². The lowest BCUT2D eigenvalue weighted by molar-refractivity contribution is -0.133. The topological polar surface area (TPSA) is 35.6 Å². The first-order valence-corrected chi connectivity index (χ1v) is 9.00. The molecule has 0 aliphatic carbocycles. The Hall–Kier alpha value is -1.39. The van der Waals surface area contributed by atoms with E-state index in [1.807, 2.05) is 0 Å². The summed E-state index contributed by atoms with van der Waals surface area (Å²) in [6.45, 7) is 3.81. The molecule has 1 amide bonds. The molecule has 1 aromatic rings. The Morgan fingerprint density at radius 2 is 2.00 bits per heavy atom. The predicted molar refractivity (Wildman–Crippen MR) is 93.2 cm³/mol. The van der Waals surface area contributed by atoms with Gasteiger partial charge in [0.2, 0.25) is 5.91 Å². The molecule has 4 nitrogen and oxygen atoms in total. The van der Waals surface area contributed by atoms with Crippen LogP contribution in [0, 0.1) is 0 Å². The summed E-state index contributed by atoms with van der Waals surface area (Å²) in [6, 6.07) is 11.3. The predicted octanol–water partition coefficient (Wildman–Crippen LogP) is 2.25. The standard InChI is InChI=1S/C19H29N3O/c1-21(15-16-7-3-2-4-8-16)17-9-6-13-22(14-11-17)19(23)18-10-5-12-20-18/h2-4,7-8,17-18,20H,5-6,9-15H2,1H3. The number of nitrogens with zero attached hydrogens (tertiary/aromatic N) is 2. The molecule has 126 valence electrons. The smallest absolute Gasteiger partial charge is 0.239 e. The highest BCUT2D eigenvalue weighted by atomic mass is 16.2. The van der Waals surface area contributed by atoms with Crippen LogP contribution in [0.1, 0.15) is 37.7 Å². The van der Waals surface area contributed by atoms with Crippen molar-refractivity contribution in [3.63, 3.8) is 0 Å². The molecule has 0 bridgehead atoms. The number of hydrogen-bond acceptors (Lipinski definition) is 3. The monoisotopic (exact) mass is 315 g/mol. The lowest BCUT2D eigenvalue weighted by Crippen LogP contribution is -2.44. The van der Waals surface area contributed by atoms with Gasteiger partial charge in [-0.1, -0.05) is 30.3 Å². The Morgan fingerprint density at radius 3 is 2.74 bits per heavy atom. The molecule has 2 heterocycles. The van der Waals surface area contributed by atoms with Crippen LogP contribution in [-0.4, -0.2) is 54.5 Å². The molecule has 2 atom stereocenters. The molecular weight excluding hydrogens is 286 g/mol. The van der Waals surface area contributed by atoms with E-state index in [1.165, 1.54) is 12.0 Å². The van der Waals surface area contributed by atoms with Crippen LogP contribution in [0.25, 0.3) is 0 Å². The number of hydrogen-bond donors (Lipinski definition) is 1. The van der Waals surface area contributed by atoms with Crippen molar-refractivity contribution in [2.24, 2.45) is 0 Å². The molecule has 2 unspecified atom stereocenters. The van der Waals surface area contributed by atoms with Crippen LogP contribution in [0.4, 0.5) is 0 Å². The van der Waals surface area contributed by atoms with Gasteiger partial charge in [-0.15, -0.1) is 0 Å². The van der Waals surface area contributed by atoms with Gasteiger partial charge >= 0.3 is 0 Å². The van der Waals surface area contributed by atoms with Gasteiger partial charge in [-0.25, -0.2) is 0 Å². The van der Waals surface area contributed by atoms with Gasteiger partial charge in [0.05, 0.1) is 6.04 Å². The van der Waals surface area contributed by atoms with Crippen molar-refractivity contribution in [1.29, 1.82) is 0 Å². The van der Waals surface area contributed by atoms with Crippen molar-refractivity contribution >= 4 is 5.91 Å². The van der Waals surface area contributed by atoms with E-state index in [-0.39, 0.29) is 6.04 Å². The van der Waals surface area contributed by atoms with E-state index < -0.39 is 0 Å². The van der Waals surface area contributed by atoms with Crippen LogP contribution >= 0.6 is 0 Å². The number of likely N-dealkylation sites (tertiary alicyclic amines) is 1. The zero-order chi connectivity index (χ0) is 16.1. The minimum Gasteiger partial charge on any atom is -0.341 e. The molecule has 2 saturated heterocycles. The summed E-state index contributed by atoms with van der Waals surface area (Å²) in [5.74, 6) is 0.328. The third kappa shape index (κ3) is 4.33. The largest absolute Gasteiger partial charge is 0.341 e. The van der Waals surface area contributed by atoms with Gasteiger partial charge in [-0.05, 0) is 51.3 Å². The Labute approximate surface area is 139 Å². The van der Waals surface area contributed by atoms with Crippen LogP contribution in [0.15, 0.2) is 30.3 Å². The molecule has 2 aliphatic heterocycles. The number of carbonyl (C=O) groups is 1. The third-order valence-electron chi connectivity index (χ3n) is 5.27. The molecular formula is C19H29N3O. The van der Waals surface area contributed by atoms with Gasteiger partial charge in [0.15, 0.2) is 0 Å². The van der Waals surface area contributed by atoms with Gasteiger partial charge in [0.25, 0.3) is 0 Å². The van der Waals surface area contributed by atoms with Crippen molar-refractivity contribution < 1.29 is 4.79 Å². The van der Waals surface area contributed by atoms with Crippen LogP contribution in [0.5, 0.6) is 0 Å². The number of benzene rings is 1. The molecule has 0 saturated carbocycles. The van der Waals surface area contributed by atoms with Crippen molar-refractivity contribution in [2.75, 3.05) is 26.7 Å². The molecule has 0 spiro atoms. The third-order valence-corrected chi connectivity index (χ3v) is 5.27. The second-order valence-corrected chi connectivity index (χ2v) is 6.96. The van der Waals surface area contributed by atoms with Gasteiger partial charge < -0.3 is 10.2 Å². The minimum atomic E-state index is 0.0774. The maximum absolute atomic E-state index is 12.6. The SMILES string of the molecule is CN(Cc1ccccc1)C1CCCN(C(=O)C2CCCN2)CC1. The van der Waals surface area contributed by atoms with Crippen LogP contribution in [0.2, 0.25) is 0 Å². The summed E-state index contributed by atoms with van der Waals surface area (Å²) in [5.41, 5.74) is 1.36. The zero-order valence-electron chi connectivity index (χ0n) is 14.2. The molecule has 2 fully saturated rings. The maximum atomic E-state index is 12.6. The molecule has 0 aromatic heterocycles. The van der Waals surface area contributed by atoms with Gasteiger partial charge in [-0.3, -0.25) is 9.69 Å². The number of carbonyl (C=O) groups excluding carboxylic acids is 1. The number of rotatable bonds is 4. The molecule has 1 N–H and O–H groups in total. The Bertz CT molecular complexity index is 499. The average Bonchev–Trinajstić information content (AvgIpc) is 2.99. The molecule has 1 aromatic carbocycles. The van der Waals surface area contributed by atoms with E-state index in [1.54, 1.807) is 0 Å². The van der Waals surface area contributed by atoms with Crippen molar-refractivity contribution in [3.8, 4) is 0 Å². The summed E-state index contributed by atoms with van der Waals surface area (Å²) >= 11 is 0. The van der Waals surface area contributed by atoms with E-state index in [2.05, 4.69) is 52.5 Å². The summed E-state index contributed by atoms with van der Waals surface area (Å²) in [6.07, 6.45) is 5.52. The van der Waals surface area contributed by atoms with Gasteiger partial charge in [0, 0.05) is 25.7 Å². The van der Waals surface area contributed by atoms with E-state index >= 15 is 0 Å². The Morgan fingerprint density at radius 1 is 1.17 bits per heavy atom. The fraction of sp³-hybridized carbons (Fsp3) is 0.632. The molecule has 2 aliphatic rings. The highest BCUT2D eigenvalue weighted by Crippen LogP contribution is 2.19. The fourth-order valence-electron chi connectivity index (χ4n) is 3.86. The summed E-state index contributed by atoms with van der Waals surface area (Å²) < 4.78 is 0. The first kappa shape index (κ1) is 16.5. The first-order chi connectivity index (χ1) is 11.2. The second-order valence-electron chi connectivity index (χ2n) is 6.96. The van der Waals surface area contributed by atoms with Gasteiger partial charge in [-0.2, -0.15) is 0 Å². The number of nitrogens with one attached hydrogen (secondary N) is 1. The maximum Gasteiger partial charge on any atom is 0.239 e. The summed E-state index contributed by atoms with van der Waals surface area (Å²) in [7, 11) is 2.22. The van der Waals surface area contributed by atoms with E-state index in [9.17, 15) is 4.79 Å². The van der Waals surface area contributed by atoms with E-state index in [0.717, 1.165) is 51.9 Å². The van der Waals surface area contributed by atoms with Crippen LogP contribution in [-0.2, 0) is 11.3 Å². The minimum absolute atomic E-state index is 0.0774. The summed E-state index contributed by atoms with van der Waals surface area (Å²) in [5, 5.41) is 3.34. The van der Waals surface area contributed by atoms with E-state index in [0.29, 0.717) is 11.9 Å². The second kappa shape index (κ2) is 7.93. The highest BCUT2D eigenvalue weighted by molar-refractivity contribution is 5.82. The van der Waals surface area contributed by atoms with Crippen molar-refractivity contribution in [1.82, 2.24) is 15.1 Å². The van der Waals surface area contributed by atoms with Crippen molar-refractivity contribution in [2.45, 2.75) is 50.7 Å². The lowest BCUT2D eigenvalue weighted by Gasteiger charge is -2.28. The average molecular weight is 315 g/mol. The molecule has 23 heavy (non-hydrogen) atoms.